The van der Waals surface area contributed by atoms with Crippen LogP contribution in [0.3, 0.4) is 0 Å². The van der Waals surface area contributed by atoms with Gasteiger partial charge in [-0.15, -0.1) is 0 Å². The smallest absolute Gasteiger partial charge is 0.237 e. The predicted octanol–water partition coefficient (Wildman–Crippen LogP) is 0.462. The number of rotatable bonds is 7. The fraction of sp³-hybridized carbons (Fsp3) is 0.889. The number of thioether (sulfide) groups is 1. The maximum absolute atomic E-state index is 11.6. The second-order valence-electron chi connectivity index (χ2n) is 3.90. The molecular weight excluding hydrogens is 247 g/mol. The molecule has 0 aliphatic rings. The summed E-state index contributed by atoms with van der Waals surface area (Å²) in [6.07, 6.45) is 2.46. The summed E-state index contributed by atoms with van der Waals surface area (Å²) in [6.45, 7) is 3.70. The molecule has 0 fully saturated rings. The highest BCUT2D eigenvalue weighted by Gasteiger charge is 2.24. The predicted molar refractivity (Wildman–Crippen MR) is 69.1 cm³/mol. The maximum Gasteiger partial charge on any atom is 0.237 e. The van der Waals surface area contributed by atoms with Crippen LogP contribution < -0.4 is 11.1 Å². The average Bonchev–Trinajstić information content (AvgIpc) is 2.21. The van der Waals surface area contributed by atoms with Crippen molar-refractivity contribution in [3.05, 3.63) is 0 Å². The molecule has 0 spiro atoms. The van der Waals surface area contributed by atoms with Gasteiger partial charge in [-0.2, -0.15) is 11.8 Å². The third-order valence-corrected chi connectivity index (χ3v) is 3.79. The van der Waals surface area contributed by atoms with Gasteiger partial charge in [0.05, 0.1) is 11.8 Å². The number of amides is 1. The van der Waals surface area contributed by atoms with E-state index in [1.807, 2.05) is 20.1 Å². The zero-order chi connectivity index (χ0) is 12.7. The molecule has 96 valence electrons. The number of carbonyl (C=O) groups excluding carboxylic acids is 1. The lowest BCUT2D eigenvalue weighted by atomic mass is 10.1. The van der Waals surface area contributed by atoms with E-state index in [9.17, 15) is 4.79 Å². The van der Waals surface area contributed by atoms with Crippen molar-refractivity contribution >= 4 is 26.0 Å². The van der Waals surface area contributed by atoms with Crippen LogP contribution in [0.4, 0.5) is 0 Å². The van der Waals surface area contributed by atoms with E-state index in [1.54, 1.807) is 11.8 Å². The number of carbonyl (C=O) groups is 1. The molecule has 0 saturated heterocycles. The van der Waals surface area contributed by atoms with Crippen molar-refractivity contribution in [1.29, 1.82) is 0 Å². The molecule has 0 aliphatic heterocycles. The highest BCUT2D eigenvalue weighted by atomic mass is 32.2. The van der Waals surface area contributed by atoms with Crippen LogP contribution in [-0.4, -0.2) is 39.5 Å². The highest BCUT2D eigenvalue weighted by molar-refractivity contribution is 7.98. The molecule has 16 heavy (non-hydrogen) atoms. The minimum Gasteiger partial charge on any atom is -0.349 e. The molecule has 0 bridgehead atoms. The van der Waals surface area contributed by atoms with E-state index < -0.39 is 20.2 Å². The summed E-state index contributed by atoms with van der Waals surface area (Å²) in [4.78, 5) is 29.9. The Labute approximate surface area is 102 Å². The van der Waals surface area contributed by atoms with Crippen molar-refractivity contribution in [2.24, 2.45) is 11.7 Å². The average molecular weight is 268 g/mol. The normalized spacial score (nSPS) is 15.2. The Kier molecular flexibility index (Phi) is 8.32. The first-order valence-electron chi connectivity index (χ1n) is 5.12. The van der Waals surface area contributed by atoms with E-state index in [0.29, 0.717) is 6.42 Å². The first kappa shape index (κ1) is 16.1. The van der Waals surface area contributed by atoms with Gasteiger partial charge in [0.25, 0.3) is 0 Å². The Balaban J connectivity index is 4.23. The second-order valence-corrected chi connectivity index (χ2v) is 6.15. The van der Waals surface area contributed by atoms with E-state index in [0.717, 1.165) is 5.75 Å². The summed E-state index contributed by atoms with van der Waals surface area (Å²) in [6, 6.07) is -0.605. The van der Waals surface area contributed by atoms with Crippen LogP contribution in [0, 0.1) is 5.92 Å². The molecule has 0 heterocycles. The molecule has 0 aromatic heterocycles. The summed E-state index contributed by atoms with van der Waals surface area (Å²) in [5.74, 6) is -0.108. The Hall–Kier alpha value is 0.130. The minimum absolute atomic E-state index is 0.0322. The molecule has 0 aromatic rings. The van der Waals surface area contributed by atoms with Crippen molar-refractivity contribution in [3.63, 3.8) is 0 Å². The van der Waals surface area contributed by atoms with Gasteiger partial charge in [0.15, 0.2) is 8.38 Å². The van der Waals surface area contributed by atoms with Gasteiger partial charge in [-0.3, -0.25) is 4.79 Å². The van der Waals surface area contributed by atoms with Crippen LogP contribution in [0.5, 0.6) is 0 Å². The summed E-state index contributed by atoms with van der Waals surface area (Å²) < 4.78 is 0. The van der Waals surface area contributed by atoms with Crippen LogP contribution in [0.2, 0.25) is 0 Å². The summed E-state index contributed by atoms with van der Waals surface area (Å²) in [5, 5.41) is 2.58. The molecule has 5 nitrogen and oxygen atoms in total. The lowest BCUT2D eigenvalue weighted by Gasteiger charge is -2.22. The molecule has 7 heteroatoms. The van der Waals surface area contributed by atoms with Crippen LogP contribution in [0.1, 0.15) is 20.3 Å². The summed E-state index contributed by atoms with van der Waals surface area (Å²) in [7, 11) is -2.15. The molecule has 0 rings (SSSR count). The topological polar surface area (TPSA) is 95.6 Å². The number of nitrogens with one attached hydrogen (secondary N) is 1. The lowest BCUT2D eigenvalue weighted by molar-refractivity contribution is -0.123. The monoisotopic (exact) mass is 268 g/mol. The molecule has 1 unspecified atom stereocenters. The highest BCUT2D eigenvalue weighted by Crippen LogP contribution is 2.31. The van der Waals surface area contributed by atoms with Crippen molar-refractivity contribution in [3.8, 4) is 0 Å². The summed E-state index contributed by atoms with van der Waals surface area (Å²) >= 11 is 1.59. The molecule has 0 aliphatic carbocycles. The van der Waals surface area contributed by atoms with Crippen LogP contribution in [0.25, 0.3) is 0 Å². The van der Waals surface area contributed by atoms with Gasteiger partial charge in [0, 0.05) is 0 Å². The summed E-state index contributed by atoms with van der Waals surface area (Å²) in [5.41, 5.74) is 5.66. The Morgan fingerprint density at radius 3 is 2.44 bits per heavy atom. The Morgan fingerprint density at radius 1 is 1.50 bits per heavy atom. The van der Waals surface area contributed by atoms with Crippen LogP contribution >= 0.6 is 20.1 Å². The third-order valence-electron chi connectivity index (χ3n) is 2.20. The minimum atomic E-state index is -2.15. The van der Waals surface area contributed by atoms with Crippen molar-refractivity contribution in [1.82, 2.24) is 5.32 Å². The molecule has 5 N–H and O–H groups in total. The largest absolute Gasteiger partial charge is 0.349 e. The number of nitrogens with two attached hydrogens (primary N) is 1. The van der Waals surface area contributed by atoms with E-state index in [2.05, 4.69) is 5.32 Å². The van der Waals surface area contributed by atoms with Crippen molar-refractivity contribution in [2.75, 3.05) is 12.0 Å². The van der Waals surface area contributed by atoms with Gasteiger partial charge in [-0.1, -0.05) is 13.8 Å². The van der Waals surface area contributed by atoms with Crippen molar-refractivity contribution < 1.29 is 14.6 Å². The second kappa shape index (κ2) is 8.25. The van der Waals surface area contributed by atoms with E-state index in [-0.39, 0.29) is 11.8 Å². The van der Waals surface area contributed by atoms with Gasteiger partial charge in [-0.05, 0) is 24.3 Å². The van der Waals surface area contributed by atoms with E-state index >= 15 is 0 Å². The third kappa shape index (κ3) is 6.01. The van der Waals surface area contributed by atoms with E-state index in [1.165, 1.54) is 0 Å². The fourth-order valence-corrected chi connectivity index (χ4v) is 2.29. The van der Waals surface area contributed by atoms with Gasteiger partial charge in [0.2, 0.25) is 5.91 Å². The standard InChI is InChI=1S/C9H21N2O3PS/c1-6(2)8(10)9(12)11-7(15(13)14)4-5-16-3/h6-8,13-14H,4-5,10H2,1-3H3,(H,11,12)/t7?,8-/m0/s1. The molecule has 0 saturated carbocycles. The first-order valence-corrected chi connectivity index (χ1v) is 7.83. The fourth-order valence-electron chi connectivity index (χ4n) is 1.04. The number of hydrogen-bond acceptors (Lipinski definition) is 5. The molecule has 0 radical (unpaired) electrons. The molecular formula is C9H21N2O3PS. The molecule has 0 aromatic carbocycles. The maximum atomic E-state index is 11.6. The zero-order valence-corrected chi connectivity index (χ0v) is 11.6. The van der Waals surface area contributed by atoms with Crippen LogP contribution in [0.15, 0.2) is 0 Å². The Bertz CT molecular complexity index is 217. The molecule has 1 amide bonds. The lowest BCUT2D eigenvalue weighted by Crippen LogP contribution is -2.47. The van der Waals surface area contributed by atoms with E-state index in [4.69, 9.17) is 15.5 Å². The quantitative estimate of drug-likeness (QED) is 0.503. The first-order chi connectivity index (χ1) is 7.40. The van der Waals surface area contributed by atoms with Gasteiger partial charge < -0.3 is 20.8 Å². The van der Waals surface area contributed by atoms with Gasteiger partial charge >= 0.3 is 0 Å². The van der Waals surface area contributed by atoms with Crippen LogP contribution in [-0.2, 0) is 4.79 Å². The SMILES string of the molecule is CSCCC(NC(=O)[C@@H](N)C(C)C)P(O)O. The zero-order valence-electron chi connectivity index (χ0n) is 9.88. The molecule has 2 atom stereocenters. The van der Waals surface area contributed by atoms with Crippen molar-refractivity contribution in [2.45, 2.75) is 32.1 Å². The van der Waals surface area contributed by atoms with Gasteiger partial charge in [0.1, 0.15) is 0 Å². The van der Waals surface area contributed by atoms with Gasteiger partial charge in [-0.25, -0.2) is 0 Å². The Morgan fingerprint density at radius 2 is 2.06 bits per heavy atom. The number of hydrogen-bond donors (Lipinski definition) is 4.